The minimum Gasteiger partial charge on any atom is -0.465 e. The molecule has 1 aliphatic heterocycles. The molecule has 0 N–H and O–H groups in total. The van der Waals surface area contributed by atoms with E-state index in [4.69, 9.17) is 4.42 Å². The Morgan fingerprint density at radius 3 is 2.63 bits per heavy atom. The third kappa shape index (κ3) is 2.07. The molecule has 0 aromatic carbocycles. The molecule has 19 heavy (non-hydrogen) atoms. The zero-order valence-electron chi connectivity index (χ0n) is 10.6. The van der Waals surface area contributed by atoms with Crippen molar-refractivity contribution in [2.45, 2.75) is 37.6 Å². The van der Waals surface area contributed by atoms with Crippen molar-refractivity contribution in [2.24, 2.45) is 4.99 Å². The summed E-state index contributed by atoms with van der Waals surface area (Å²) in [5.41, 5.74) is -0.485. The lowest BCUT2D eigenvalue weighted by Crippen LogP contribution is -2.38. The molecule has 2 aliphatic rings. The summed E-state index contributed by atoms with van der Waals surface area (Å²) >= 11 is 0. The van der Waals surface area contributed by atoms with Crippen molar-refractivity contribution < 1.29 is 14.0 Å². The van der Waals surface area contributed by atoms with Crippen molar-refractivity contribution in [2.75, 3.05) is 0 Å². The molecule has 1 aliphatic carbocycles. The Morgan fingerprint density at radius 2 is 1.95 bits per heavy atom. The molecule has 1 saturated carbocycles. The first kappa shape index (κ1) is 12.1. The molecule has 2 heterocycles. The summed E-state index contributed by atoms with van der Waals surface area (Å²) in [4.78, 5) is 28.5. The van der Waals surface area contributed by atoms with Crippen LogP contribution in [-0.4, -0.2) is 22.8 Å². The molecule has 1 aromatic heterocycles. The molecule has 0 radical (unpaired) electrons. The fraction of sp³-hybridized carbons (Fsp3) is 0.400. The minimum atomic E-state index is -0.752. The number of allylic oxidation sites excluding steroid dienone is 1. The largest absolute Gasteiger partial charge is 0.465 e. The van der Waals surface area contributed by atoms with Crippen LogP contribution >= 0.6 is 0 Å². The summed E-state index contributed by atoms with van der Waals surface area (Å²) in [7, 11) is 0. The van der Waals surface area contributed by atoms with Gasteiger partial charge in [-0.3, -0.25) is 14.6 Å². The second-order valence-corrected chi connectivity index (χ2v) is 5.10. The van der Waals surface area contributed by atoms with E-state index in [1.54, 1.807) is 30.5 Å². The number of carbonyl (C=O) groups excluding carboxylic acids is 2. The third-order valence-electron chi connectivity index (χ3n) is 3.83. The first-order valence-corrected chi connectivity index (χ1v) is 6.62. The summed E-state index contributed by atoms with van der Waals surface area (Å²) in [5, 5.41) is 0. The summed E-state index contributed by atoms with van der Waals surface area (Å²) in [6.07, 6.45) is 9.29. The van der Waals surface area contributed by atoms with E-state index in [-0.39, 0.29) is 11.5 Å². The average molecular weight is 257 g/mol. The summed E-state index contributed by atoms with van der Waals surface area (Å²) in [6, 6.07) is 3.56. The van der Waals surface area contributed by atoms with Crippen LogP contribution in [0.15, 0.2) is 33.9 Å². The van der Waals surface area contributed by atoms with Gasteiger partial charge in [-0.05, 0) is 37.1 Å². The predicted molar refractivity (Wildman–Crippen MR) is 71.0 cm³/mol. The van der Waals surface area contributed by atoms with Crippen molar-refractivity contribution in [3.63, 3.8) is 0 Å². The van der Waals surface area contributed by atoms with E-state index in [1.807, 2.05) is 0 Å². The standard InChI is InChI=1S/C15H15NO3/c17-13-12(7-6-11-5-4-10-19-11)16-15(14(13)18)8-2-1-3-9-15/h4-7,10H,1-3,8-9H2/b7-6+. The Balaban J connectivity index is 1.87. The van der Waals surface area contributed by atoms with Gasteiger partial charge in [0.05, 0.1) is 6.26 Å². The van der Waals surface area contributed by atoms with Crippen molar-refractivity contribution in [3.8, 4) is 0 Å². The maximum Gasteiger partial charge on any atom is 0.249 e. The van der Waals surface area contributed by atoms with E-state index in [9.17, 15) is 9.59 Å². The number of hydrogen-bond acceptors (Lipinski definition) is 4. The van der Waals surface area contributed by atoms with Gasteiger partial charge in [0.15, 0.2) is 0 Å². The fourth-order valence-electron chi connectivity index (χ4n) is 2.80. The lowest BCUT2D eigenvalue weighted by molar-refractivity contribution is -0.135. The minimum absolute atomic E-state index is 0.267. The van der Waals surface area contributed by atoms with E-state index >= 15 is 0 Å². The van der Waals surface area contributed by atoms with Crippen molar-refractivity contribution in [1.29, 1.82) is 0 Å². The third-order valence-corrected chi connectivity index (χ3v) is 3.83. The number of Topliss-reactive ketones (excluding diaryl/α,β-unsaturated/α-hetero) is 2. The number of hydrogen-bond donors (Lipinski definition) is 0. The second-order valence-electron chi connectivity index (χ2n) is 5.10. The molecule has 1 spiro atoms. The van der Waals surface area contributed by atoms with Crippen LogP contribution in [0.4, 0.5) is 0 Å². The fourth-order valence-corrected chi connectivity index (χ4v) is 2.80. The average Bonchev–Trinajstić information content (AvgIpc) is 3.02. The molecule has 0 bridgehead atoms. The van der Waals surface area contributed by atoms with Crippen molar-refractivity contribution in [1.82, 2.24) is 0 Å². The highest BCUT2D eigenvalue weighted by Crippen LogP contribution is 2.36. The number of furan rings is 1. The number of aliphatic imine (C=N–C) groups is 1. The van der Waals surface area contributed by atoms with E-state index in [0.29, 0.717) is 18.6 Å². The zero-order valence-corrected chi connectivity index (χ0v) is 10.6. The summed E-state index contributed by atoms with van der Waals surface area (Å²) in [5.74, 6) is -0.136. The highest BCUT2D eigenvalue weighted by Gasteiger charge is 2.48. The Morgan fingerprint density at radius 1 is 1.16 bits per heavy atom. The molecule has 3 rings (SSSR count). The van der Waals surface area contributed by atoms with Gasteiger partial charge >= 0.3 is 0 Å². The van der Waals surface area contributed by atoms with Crippen molar-refractivity contribution >= 4 is 23.4 Å². The second kappa shape index (κ2) is 4.61. The van der Waals surface area contributed by atoms with Crippen LogP contribution in [0.5, 0.6) is 0 Å². The molecule has 98 valence electrons. The Labute approximate surface area is 111 Å². The van der Waals surface area contributed by atoms with Crippen LogP contribution in [0.2, 0.25) is 0 Å². The number of ketones is 2. The predicted octanol–water partition coefficient (Wildman–Crippen LogP) is 2.59. The van der Waals surface area contributed by atoms with Gasteiger partial charge in [-0.1, -0.05) is 19.3 Å². The van der Waals surface area contributed by atoms with Crippen LogP contribution in [0.25, 0.3) is 6.08 Å². The maximum absolute atomic E-state index is 12.1. The van der Waals surface area contributed by atoms with E-state index in [2.05, 4.69) is 4.99 Å². The Bertz CT molecular complexity index is 560. The number of rotatable bonds is 2. The van der Waals surface area contributed by atoms with Gasteiger partial charge in [-0.25, -0.2) is 0 Å². The molecule has 1 fully saturated rings. The smallest absolute Gasteiger partial charge is 0.249 e. The van der Waals surface area contributed by atoms with Crippen LogP contribution < -0.4 is 0 Å². The summed E-state index contributed by atoms with van der Waals surface area (Å²) in [6.45, 7) is 0. The molecule has 0 saturated heterocycles. The highest BCUT2D eigenvalue weighted by molar-refractivity contribution is 6.71. The molecule has 0 unspecified atom stereocenters. The van der Waals surface area contributed by atoms with Gasteiger partial charge in [0.1, 0.15) is 17.0 Å². The Hall–Kier alpha value is -1.97. The van der Waals surface area contributed by atoms with Gasteiger partial charge in [0.25, 0.3) is 0 Å². The van der Waals surface area contributed by atoms with Crippen LogP contribution in [0, 0.1) is 0 Å². The quantitative estimate of drug-likeness (QED) is 0.765. The number of carbonyl (C=O) groups is 2. The van der Waals surface area contributed by atoms with Gasteiger partial charge in [0, 0.05) is 0 Å². The van der Waals surface area contributed by atoms with Gasteiger partial charge in [-0.2, -0.15) is 0 Å². The van der Waals surface area contributed by atoms with E-state index in [1.165, 1.54) is 0 Å². The van der Waals surface area contributed by atoms with Gasteiger partial charge in [-0.15, -0.1) is 0 Å². The zero-order chi connectivity index (χ0) is 13.3. The lowest BCUT2D eigenvalue weighted by Gasteiger charge is -2.27. The monoisotopic (exact) mass is 257 g/mol. The molecule has 4 nitrogen and oxygen atoms in total. The summed E-state index contributed by atoms with van der Waals surface area (Å²) < 4.78 is 5.15. The van der Waals surface area contributed by atoms with E-state index in [0.717, 1.165) is 19.3 Å². The lowest BCUT2D eigenvalue weighted by atomic mass is 9.79. The topological polar surface area (TPSA) is 59.6 Å². The molecular formula is C15H15NO3. The maximum atomic E-state index is 12.1. The molecule has 0 amide bonds. The van der Waals surface area contributed by atoms with Crippen molar-refractivity contribution in [3.05, 3.63) is 30.2 Å². The van der Waals surface area contributed by atoms with Crippen LogP contribution in [-0.2, 0) is 9.59 Å². The van der Waals surface area contributed by atoms with Gasteiger partial charge in [0.2, 0.25) is 11.6 Å². The Kier molecular flexibility index (Phi) is 2.93. The van der Waals surface area contributed by atoms with Gasteiger partial charge < -0.3 is 4.42 Å². The molecule has 4 heteroatoms. The number of nitrogens with zero attached hydrogens (tertiary/aromatic N) is 1. The molecular weight excluding hydrogens is 242 g/mol. The van der Waals surface area contributed by atoms with E-state index < -0.39 is 11.3 Å². The first-order valence-electron chi connectivity index (χ1n) is 6.62. The highest BCUT2D eigenvalue weighted by atomic mass is 16.3. The van der Waals surface area contributed by atoms with Crippen LogP contribution in [0.3, 0.4) is 0 Å². The molecule has 0 atom stereocenters. The first-order chi connectivity index (χ1) is 9.21. The van der Waals surface area contributed by atoms with Crippen LogP contribution in [0.1, 0.15) is 37.9 Å². The SMILES string of the molecule is O=C1C(=O)C2(CCCCC2)N=C1/C=C/c1ccco1. The molecule has 1 aromatic rings. The normalized spacial score (nSPS) is 22.4.